The molecule has 120 valence electrons. The highest BCUT2D eigenvalue weighted by atomic mass is 79.9. The van der Waals surface area contributed by atoms with Gasteiger partial charge in [0.05, 0.1) is 0 Å². The molecule has 2 heteroatoms. The molecule has 0 aliphatic rings. The molecule has 0 atom stereocenters. The van der Waals surface area contributed by atoms with Crippen molar-refractivity contribution in [3.05, 3.63) is 56.5 Å². The fraction of sp³-hybridized carbons (Fsp3) is 0.333. The van der Waals surface area contributed by atoms with Crippen molar-refractivity contribution in [3.63, 3.8) is 0 Å². The second-order valence-corrected chi connectivity index (χ2v) is 7.31. The molecule has 0 fully saturated rings. The van der Waals surface area contributed by atoms with Gasteiger partial charge in [-0.05, 0) is 61.5 Å². The average Bonchev–Trinajstić information content (AvgIpc) is 2.53. The van der Waals surface area contributed by atoms with Crippen LogP contribution in [0, 0.1) is 23.7 Å². The van der Waals surface area contributed by atoms with Crippen LogP contribution in [0.2, 0.25) is 0 Å². The lowest BCUT2D eigenvalue weighted by molar-refractivity contribution is 0.709. The fourth-order valence-electron chi connectivity index (χ4n) is 1.87. The molecule has 23 heavy (non-hydrogen) atoms. The summed E-state index contributed by atoms with van der Waals surface area (Å²) in [6.07, 6.45) is 9.45. The summed E-state index contributed by atoms with van der Waals surface area (Å²) in [6, 6.07) is 8.12. The molecule has 0 saturated carbocycles. The summed E-state index contributed by atoms with van der Waals surface area (Å²) in [4.78, 5) is 0. The maximum atomic E-state index is 3.43. The standard InChI is InChI=1S/C21H22Br2/c1-3-19(17-18(2)22)11-9-7-5-4-6-8-10-12-20-13-15-21(23)16-14-20/h3,13-17H,4-8H2,1-2H3. The number of rotatable bonds is 5. The van der Waals surface area contributed by atoms with Crippen LogP contribution < -0.4 is 0 Å². The van der Waals surface area contributed by atoms with E-state index in [1.807, 2.05) is 50.3 Å². The van der Waals surface area contributed by atoms with Gasteiger partial charge in [0.2, 0.25) is 0 Å². The van der Waals surface area contributed by atoms with Crippen molar-refractivity contribution in [2.24, 2.45) is 0 Å². The number of allylic oxidation sites excluding steroid dienone is 4. The number of hydrogen-bond acceptors (Lipinski definition) is 0. The van der Waals surface area contributed by atoms with Crippen LogP contribution in [0.4, 0.5) is 0 Å². The van der Waals surface area contributed by atoms with Gasteiger partial charge >= 0.3 is 0 Å². The van der Waals surface area contributed by atoms with E-state index in [9.17, 15) is 0 Å². The van der Waals surface area contributed by atoms with E-state index >= 15 is 0 Å². The van der Waals surface area contributed by atoms with Crippen molar-refractivity contribution in [1.29, 1.82) is 0 Å². The molecule has 0 saturated heterocycles. The molecular formula is C21H22Br2. The summed E-state index contributed by atoms with van der Waals surface area (Å²) in [5.41, 5.74) is 2.15. The summed E-state index contributed by atoms with van der Waals surface area (Å²) in [5.74, 6) is 12.9. The van der Waals surface area contributed by atoms with Gasteiger partial charge in [0.15, 0.2) is 0 Å². The Morgan fingerprint density at radius 2 is 1.70 bits per heavy atom. The molecule has 0 nitrogen and oxygen atoms in total. The summed E-state index contributed by atoms with van der Waals surface area (Å²) >= 11 is 6.86. The number of halogens is 2. The first-order valence-corrected chi connectivity index (χ1v) is 9.44. The Hall–Kier alpha value is -1.22. The van der Waals surface area contributed by atoms with Crippen LogP contribution in [0.15, 0.2) is 50.9 Å². The molecule has 0 unspecified atom stereocenters. The van der Waals surface area contributed by atoms with E-state index in [2.05, 4.69) is 55.5 Å². The van der Waals surface area contributed by atoms with E-state index < -0.39 is 0 Å². The van der Waals surface area contributed by atoms with Gasteiger partial charge in [-0.2, -0.15) is 0 Å². The van der Waals surface area contributed by atoms with Crippen molar-refractivity contribution in [2.45, 2.75) is 46.0 Å². The molecule has 0 bridgehead atoms. The lowest BCUT2D eigenvalue weighted by atomic mass is 10.1. The van der Waals surface area contributed by atoms with Gasteiger partial charge in [-0.1, -0.05) is 68.0 Å². The third-order valence-electron chi connectivity index (χ3n) is 3.08. The third-order valence-corrected chi connectivity index (χ3v) is 3.84. The van der Waals surface area contributed by atoms with E-state index in [1.165, 1.54) is 6.42 Å². The zero-order valence-electron chi connectivity index (χ0n) is 13.8. The van der Waals surface area contributed by atoms with Gasteiger partial charge in [-0.3, -0.25) is 0 Å². The summed E-state index contributed by atoms with van der Waals surface area (Å²) in [6.45, 7) is 4.03. The topological polar surface area (TPSA) is 0 Å². The predicted octanol–water partition coefficient (Wildman–Crippen LogP) is 7.00. The van der Waals surface area contributed by atoms with Gasteiger partial charge in [0, 0.05) is 28.5 Å². The minimum Gasteiger partial charge on any atom is -0.0979 e. The molecule has 0 spiro atoms. The summed E-state index contributed by atoms with van der Waals surface area (Å²) in [5, 5.41) is 0. The molecule has 0 N–H and O–H groups in total. The highest BCUT2D eigenvalue weighted by Gasteiger charge is 1.89. The second kappa shape index (κ2) is 12.2. The van der Waals surface area contributed by atoms with Gasteiger partial charge in [0.25, 0.3) is 0 Å². The molecule has 0 radical (unpaired) electrons. The number of benzene rings is 1. The maximum Gasteiger partial charge on any atom is 0.0246 e. The quantitative estimate of drug-likeness (QED) is 0.266. The van der Waals surface area contributed by atoms with E-state index in [0.29, 0.717) is 0 Å². The van der Waals surface area contributed by atoms with Crippen molar-refractivity contribution < 1.29 is 0 Å². The zero-order chi connectivity index (χ0) is 16.9. The zero-order valence-corrected chi connectivity index (χ0v) is 16.9. The van der Waals surface area contributed by atoms with Crippen LogP contribution >= 0.6 is 31.9 Å². The largest absolute Gasteiger partial charge is 0.0979 e. The van der Waals surface area contributed by atoms with Crippen LogP contribution in [0.3, 0.4) is 0 Å². The normalized spacial score (nSPS) is 11.3. The first-order valence-electron chi connectivity index (χ1n) is 7.85. The van der Waals surface area contributed by atoms with Crippen LogP contribution in [-0.4, -0.2) is 0 Å². The lowest BCUT2D eigenvalue weighted by Gasteiger charge is -1.94. The van der Waals surface area contributed by atoms with Gasteiger partial charge in [-0.25, -0.2) is 0 Å². The average molecular weight is 434 g/mol. The Kier molecular flexibility index (Phi) is 10.5. The summed E-state index contributed by atoms with van der Waals surface area (Å²) < 4.78 is 2.19. The van der Waals surface area contributed by atoms with E-state index in [-0.39, 0.29) is 0 Å². The van der Waals surface area contributed by atoms with Gasteiger partial charge < -0.3 is 0 Å². The van der Waals surface area contributed by atoms with Crippen LogP contribution in [-0.2, 0) is 0 Å². The second-order valence-electron chi connectivity index (χ2n) is 5.15. The third kappa shape index (κ3) is 10.2. The van der Waals surface area contributed by atoms with Crippen molar-refractivity contribution in [3.8, 4) is 23.7 Å². The highest BCUT2D eigenvalue weighted by Crippen LogP contribution is 2.10. The Labute approximate surface area is 157 Å². The van der Waals surface area contributed by atoms with E-state index in [0.717, 1.165) is 45.8 Å². The predicted molar refractivity (Wildman–Crippen MR) is 108 cm³/mol. The molecular weight excluding hydrogens is 412 g/mol. The fourth-order valence-corrected chi connectivity index (χ4v) is 2.38. The van der Waals surface area contributed by atoms with Gasteiger partial charge in [-0.15, -0.1) is 0 Å². The van der Waals surface area contributed by atoms with E-state index in [1.54, 1.807) is 0 Å². The molecule has 1 aromatic carbocycles. The van der Waals surface area contributed by atoms with E-state index in [4.69, 9.17) is 0 Å². The Morgan fingerprint density at radius 1 is 1.04 bits per heavy atom. The first kappa shape index (κ1) is 19.8. The van der Waals surface area contributed by atoms with Crippen LogP contribution in [0.25, 0.3) is 0 Å². The maximum absolute atomic E-state index is 3.43. The lowest BCUT2D eigenvalue weighted by Crippen LogP contribution is -1.78. The minimum atomic E-state index is 0.951. The monoisotopic (exact) mass is 432 g/mol. The Morgan fingerprint density at radius 3 is 2.30 bits per heavy atom. The van der Waals surface area contributed by atoms with Crippen molar-refractivity contribution in [1.82, 2.24) is 0 Å². The highest BCUT2D eigenvalue weighted by molar-refractivity contribution is 9.11. The molecule has 0 heterocycles. The van der Waals surface area contributed by atoms with Crippen LogP contribution in [0.1, 0.15) is 51.5 Å². The SMILES string of the molecule is CC=C(C#CCCCCCC#Cc1ccc(Br)cc1)C=C(C)Br. The molecule has 0 aromatic heterocycles. The smallest absolute Gasteiger partial charge is 0.0246 e. The Balaban J connectivity index is 2.20. The minimum absolute atomic E-state index is 0.951. The molecule has 0 aliphatic heterocycles. The molecule has 1 aromatic rings. The molecule has 1 rings (SSSR count). The number of unbranched alkanes of at least 4 members (excludes halogenated alkanes) is 4. The number of hydrogen-bond donors (Lipinski definition) is 0. The van der Waals surface area contributed by atoms with Gasteiger partial charge in [0.1, 0.15) is 0 Å². The van der Waals surface area contributed by atoms with Crippen LogP contribution in [0.5, 0.6) is 0 Å². The molecule has 0 amide bonds. The Bertz CT molecular complexity index is 652. The molecule has 0 aliphatic carbocycles. The first-order chi connectivity index (χ1) is 11.1. The van der Waals surface area contributed by atoms with Crippen molar-refractivity contribution in [2.75, 3.05) is 0 Å². The van der Waals surface area contributed by atoms with Crippen molar-refractivity contribution >= 4 is 31.9 Å². The summed E-state index contributed by atoms with van der Waals surface area (Å²) in [7, 11) is 0.